The molecule has 4 rings (SSSR count). The van der Waals surface area contributed by atoms with Gasteiger partial charge in [0.2, 0.25) is 5.88 Å². The van der Waals surface area contributed by atoms with Gasteiger partial charge < -0.3 is 31.1 Å². The van der Waals surface area contributed by atoms with Gasteiger partial charge in [-0.15, -0.1) is 0 Å². The Labute approximate surface area is 175 Å². The first-order valence-corrected chi connectivity index (χ1v) is 10.2. The number of phenolic OH excluding ortho intramolecular Hbond substituents is 1. The van der Waals surface area contributed by atoms with Crippen molar-refractivity contribution < 1.29 is 20.1 Å². The summed E-state index contributed by atoms with van der Waals surface area (Å²) in [6.07, 6.45) is 3.83. The summed E-state index contributed by atoms with van der Waals surface area (Å²) < 4.78 is 7.87. The standard InChI is InChI=1S/C23H27N3O4/c24-23(29)20-12-5-16(14-21(20)25-15-3-6-17(27)7-4-15)26-13-1-2-22(26)30-19-10-8-18(28)9-11-19/h1-2,5,8-15,17,23,25,27-29H,3-4,6-7,24H2. The quantitative estimate of drug-likeness (QED) is 0.397. The Morgan fingerprint density at radius 2 is 1.77 bits per heavy atom. The Hall–Kier alpha value is -3.00. The fraction of sp³-hybridized carbons (Fsp3) is 0.304. The van der Waals surface area contributed by atoms with E-state index in [1.54, 1.807) is 24.3 Å². The molecule has 0 amide bonds. The first-order valence-electron chi connectivity index (χ1n) is 10.2. The molecule has 158 valence electrons. The second-order valence-electron chi connectivity index (χ2n) is 7.68. The average Bonchev–Trinajstić information content (AvgIpc) is 3.19. The number of aliphatic hydroxyl groups excluding tert-OH is 2. The molecular weight excluding hydrogens is 382 g/mol. The Balaban J connectivity index is 1.60. The van der Waals surface area contributed by atoms with Crippen molar-refractivity contribution in [3.63, 3.8) is 0 Å². The maximum absolute atomic E-state index is 10.0. The van der Waals surface area contributed by atoms with Crippen molar-refractivity contribution in [2.24, 2.45) is 5.73 Å². The summed E-state index contributed by atoms with van der Waals surface area (Å²) in [6.45, 7) is 0. The number of anilines is 1. The molecule has 1 fully saturated rings. The minimum absolute atomic E-state index is 0.180. The van der Waals surface area contributed by atoms with Crippen LogP contribution >= 0.6 is 0 Å². The molecule has 0 radical (unpaired) electrons. The Morgan fingerprint density at radius 1 is 1.03 bits per heavy atom. The molecule has 6 N–H and O–H groups in total. The number of aliphatic hydroxyl groups is 2. The Morgan fingerprint density at radius 3 is 2.47 bits per heavy atom. The Bertz CT molecular complexity index is 976. The lowest BCUT2D eigenvalue weighted by atomic mass is 9.92. The third-order valence-corrected chi connectivity index (χ3v) is 5.46. The van der Waals surface area contributed by atoms with Crippen molar-refractivity contribution in [2.45, 2.75) is 44.1 Å². The molecular formula is C23H27N3O4. The van der Waals surface area contributed by atoms with Gasteiger partial charge in [-0.05, 0) is 68.1 Å². The van der Waals surface area contributed by atoms with Crippen LogP contribution in [0.25, 0.3) is 5.69 Å². The van der Waals surface area contributed by atoms with Crippen molar-refractivity contribution in [3.8, 4) is 23.1 Å². The summed E-state index contributed by atoms with van der Waals surface area (Å²) in [5.41, 5.74) is 8.03. The minimum atomic E-state index is -1.09. The molecule has 1 unspecified atom stereocenters. The SMILES string of the molecule is NC(O)c1ccc(-n2cccc2Oc2ccc(O)cc2)cc1NC1CCC(O)CC1. The van der Waals surface area contributed by atoms with Gasteiger partial charge in [0.05, 0.1) is 11.8 Å². The zero-order chi connectivity index (χ0) is 21.1. The molecule has 1 saturated carbocycles. The van der Waals surface area contributed by atoms with Crippen molar-refractivity contribution in [1.29, 1.82) is 0 Å². The molecule has 7 nitrogen and oxygen atoms in total. The van der Waals surface area contributed by atoms with Crippen LogP contribution in [-0.4, -0.2) is 32.0 Å². The number of nitrogens with two attached hydrogens (primary N) is 1. The van der Waals surface area contributed by atoms with E-state index in [1.165, 1.54) is 0 Å². The van der Waals surface area contributed by atoms with E-state index in [1.807, 2.05) is 41.1 Å². The number of hydrogen-bond acceptors (Lipinski definition) is 6. The second kappa shape index (κ2) is 8.79. The number of benzene rings is 2. The van der Waals surface area contributed by atoms with E-state index in [0.29, 0.717) is 17.2 Å². The molecule has 0 saturated heterocycles. The number of nitrogens with one attached hydrogen (secondary N) is 1. The molecule has 2 aromatic carbocycles. The molecule has 0 bridgehead atoms. The summed E-state index contributed by atoms with van der Waals surface area (Å²) in [4.78, 5) is 0. The lowest BCUT2D eigenvalue weighted by molar-refractivity contribution is 0.126. The molecule has 1 aliphatic carbocycles. The summed E-state index contributed by atoms with van der Waals surface area (Å²) >= 11 is 0. The van der Waals surface area contributed by atoms with Gasteiger partial charge in [0.1, 0.15) is 17.7 Å². The van der Waals surface area contributed by atoms with Crippen molar-refractivity contribution in [1.82, 2.24) is 4.57 Å². The molecule has 1 heterocycles. The third-order valence-electron chi connectivity index (χ3n) is 5.46. The summed E-state index contributed by atoms with van der Waals surface area (Å²) in [6, 6.07) is 16.1. The first kappa shape index (κ1) is 20.3. The lowest BCUT2D eigenvalue weighted by Crippen LogP contribution is -2.29. The van der Waals surface area contributed by atoms with Crippen LogP contribution in [0.5, 0.6) is 17.4 Å². The van der Waals surface area contributed by atoms with Crippen molar-refractivity contribution in [3.05, 3.63) is 66.4 Å². The van der Waals surface area contributed by atoms with Crippen LogP contribution in [0.2, 0.25) is 0 Å². The van der Waals surface area contributed by atoms with E-state index in [9.17, 15) is 15.3 Å². The number of nitrogens with zero attached hydrogens (tertiary/aromatic N) is 1. The van der Waals surface area contributed by atoms with E-state index in [-0.39, 0.29) is 17.9 Å². The molecule has 0 spiro atoms. The number of ether oxygens (including phenoxy) is 1. The molecule has 1 atom stereocenters. The summed E-state index contributed by atoms with van der Waals surface area (Å²) in [5.74, 6) is 1.41. The predicted octanol–water partition coefficient (Wildman–Crippen LogP) is 3.64. The predicted molar refractivity (Wildman–Crippen MR) is 115 cm³/mol. The van der Waals surface area contributed by atoms with Crippen LogP contribution in [0.3, 0.4) is 0 Å². The number of rotatable bonds is 6. The Kier molecular flexibility index (Phi) is 5.94. The fourth-order valence-electron chi connectivity index (χ4n) is 3.81. The molecule has 1 aromatic heterocycles. The second-order valence-corrected chi connectivity index (χ2v) is 7.68. The smallest absolute Gasteiger partial charge is 0.204 e. The zero-order valence-electron chi connectivity index (χ0n) is 16.6. The van der Waals surface area contributed by atoms with Crippen LogP contribution in [0.4, 0.5) is 5.69 Å². The van der Waals surface area contributed by atoms with Crippen LogP contribution in [0, 0.1) is 0 Å². The van der Waals surface area contributed by atoms with Gasteiger partial charge in [-0.2, -0.15) is 0 Å². The van der Waals surface area contributed by atoms with Crippen LogP contribution in [0.1, 0.15) is 37.5 Å². The van der Waals surface area contributed by atoms with Gasteiger partial charge in [-0.3, -0.25) is 4.57 Å². The van der Waals surface area contributed by atoms with Gasteiger partial charge in [0.25, 0.3) is 0 Å². The van der Waals surface area contributed by atoms with Gasteiger partial charge in [-0.25, -0.2) is 0 Å². The van der Waals surface area contributed by atoms with E-state index in [2.05, 4.69) is 5.32 Å². The number of phenols is 1. The molecule has 7 heteroatoms. The molecule has 0 aliphatic heterocycles. The van der Waals surface area contributed by atoms with E-state index >= 15 is 0 Å². The first-order chi connectivity index (χ1) is 14.5. The van der Waals surface area contributed by atoms with Gasteiger partial charge in [-0.1, -0.05) is 6.07 Å². The highest BCUT2D eigenvalue weighted by molar-refractivity contribution is 5.59. The molecule has 30 heavy (non-hydrogen) atoms. The van der Waals surface area contributed by atoms with Crippen LogP contribution in [-0.2, 0) is 0 Å². The maximum atomic E-state index is 10.0. The van der Waals surface area contributed by atoms with E-state index in [4.69, 9.17) is 10.5 Å². The fourth-order valence-corrected chi connectivity index (χ4v) is 3.81. The number of aromatic hydroxyl groups is 1. The number of hydrogen-bond donors (Lipinski definition) is 5. The largest absolute Gasteiger partial charge is 0.508 e. The number of aromatic nitrogens is 1. The van der Waals surface area contributed by atoms with Gasteiger partial charge in [0.15, 0.2) is 0 Å². The summed E-state index contributed by atoms with van der Waals surface area (Å²) in [5, 5.41) is 32.7. The van der Waals surface area contributed by atoms with Crippen LogP contribution in [0.15, 0.2) is 60.8 Å². The minimum Gasteiger partial charge on any atom is -0.508 e. The van der Waals surface area contributed by atoms with Gasteiger partial charge >= 0.3 is 0 Å². The molecule has 1 aliphatic rings. The molecule has 3 aromatic rings. The zero-order valence-corrected chi connectivity index (χ0v) is 16.6. The van der Waals surface area contributed by atoms with Crippen LogP contribution < -0.4 is 15.8 Å². The van der Waals surface area contributed by atoms with Gasteiger partial charge in [0, 0.05) is 29.6 Å². The monoisotopic (exact) mass is 409 g/mol. The van der Waals surface area contributed by atoms with Crippen molar-refractivity contribution in [2.75, 3.05) is 5.32 Å². The third kappa shape index (κ3) is 4.59. The highest BCUT2D eigenvalue weighted by Gasteiger charge is 2.21. The normalized spacial score (nSPS) is 20.0. The topological polar surface area (TPSA) is 113 Å². The highest BCUT2D eigenvalue weighted by atomic mass is 16.5. The average molecular weight is 409 g/mol. The van der Waals surface area contributed by atoms with Crippen molar-refractivity contribution >= 4 is 5.69 Å². The highest BCUT2D eigenvalue weighted by Crippen LogP contribution is 2.31. The maximum Gasteiger partial charge on any atom is 0.204 e. The lowest BCUT2D eigenvalue weighted by Gasteiger charge is -2.28. The summed E-state index contributed by atoms with van der Waals surface area (Å²) in [7, 11) is 0. The van der Waals surface area contributed by atoms with E-state index in [0.717, 1.165) is 37.1 Å². The van der Waals surface area contributed by atoms with E-state index < -0.39 is 6.23 Å².